The number of carbonyl (C=O) groups excluding carboxylic acids is 1. The van der Waals surface area contributed by atoms with Crippen molar-refractivity contribution in [2.24, 2.45) is 0 Å². The third-order valence-corrected chi connectivity index (χ3v) is 4.86. The fraction of sp³-hybridized carbons (Fsp3) is 0.583. The predicted molar refractivity (Wildman–Crippen MR) is 61.0 cm³/mol. The number of carbonyl (C=O) groups is 1. The molecule has 1 amide bonds. The van der Waals surface area contributed by atoms with Gasteiger partial charge in [-0.25, -0.2) is 0 Å². The average Bonchev–Trinajstić information content (AvgIpc) is 2.70. The van der Waals surface area contributed by atoms with Gasteiger partial charge >= 0.3 is 0 Å². The molecule has 3 heteroatoms. The Morgan fingerprint density at radius 1 is 1.20 bits per heavy atom. The van der Waals surface area contributed by atoms with Gasteiger partial charge in [0.1, 0.15) is 0 Å². The molecule has 2 heterocycles. The van der Waals surface area contributed by atoms with E-state index >= 15 is 0 Å². The number of thiophene rings is 1. The minimum Gasteiger partial charge on any atom is -0.348 e. The summed E-state index contributed by atoms with van der Waals surface area (Å²) in [6.07, 6.45) is 5.77. The molecule has 1 aliphatic heterocycles. The third kappa shape index (κ3) is 1.69. The fourth-order valence-corrected chi connectivity index (χ4v) is 3.56. The molecule has 1 aromatic heterocycles. The first-order valence-corrected chi connectivity index (χ1v) is 6.53. The van der Waals surface area contributed by atoms with E-state index in [1.165, 1.54) is 29.0 Å². The van der Waals surface area contributed by atoms with Crippen LogP contribution < -0.4 is 5.32 Å². The number of nitrogens with one attached hydrogen (secondary N) is 1. The van der Waals surface area contributed by atoms with Gasteiger partial charge in [0.15, 0.2) is 0 Å². The monoisotopic (exact) mass is 221 g/mol. The summed E-state index contributed by atoms with van der Waals surface area (Å²) >= 11 is 1.90. The Morgan fingerprint density at radius 3 is 2.60 bits per heavy atom. The van der Waals surface area contributed by atoms with E-state index in [9.17, 15) is 4.79 Å². The van der Waals surface area contributed by atoms with Gasteiger partial charge in [-0.2, -0.15) is 0 Å². The van der Waals surface area contributed by atoms with Crippen LogP contribution in [-0.2, 0) is 4.79 Å². The van der Waals surface area contributed by atoms with Crippen LogP contribution in [-0.4, -0.2) is 5.91 Å². The molecule has 1 saturated heterocycles. The van der Waals surface area contributed by atoms with Crippen LogP contribution in [0.2, 0.25) is 0 Å². The molecule has 1 unspecified atom stereocenters. The van der Waals surface area contributed by atoms with Crippen molar-refractivity contribution in [2.45, 2.75) is 44.1 Å². The fourth-order valence-electron chi connectivity index (χ4n) is 2.30. The van der Waals surface area contributed by atoms with Crippen molar-refractivity contribution in [1.82, 2.24) is 5.32 Å². The highest BCUT2D eigenvalue weighted by molar-refractivity contribution is 7.12. The number of rotatable bonds is 2. The summed E-state index contributed by atoms with van der Waals surface area (Å²) in [5.74, 6) is 1.03. The summed E-state index contributed by atoms with van der Waals surface area (Å²) in [6.45, 7) is 0. The molecule has 1 N–H and O–H groups in total. The van der Waals surface area contributed by atoms with E-state index in [0.29, 0.717) is 12.5 Å². The lowest BCUT2D eigenvalue weighted by molar-refractivity contribution is -0.119. The van der Waals surface area contributed by atoms with E-state index in [1.807, 2.05) is 11.3 Å². The van der Waals surface area contributed by atoms with E-state index in [2.05, 4.69) is 17.4 Å². The highest BCUT2D eigenvalue weighted by Crippen LogP contribution is 2.41. The molecule has 1 atom stereocenters. The van der Waals surface area contributed by atoms with Gasteiger partial charge in [0, 0.05) is 16.2 Å². The summed E-state index contributed by atoms with van der Waals surface area (Å²) in [4.78, 5) is 14.0. The maximum absolute atomic E-state index is 11.1. The van der Waals surface area contributed by atoms with Crippen molar-refractivity contribution in [3.8, 4) is 0 Å². The normalized spacial score (nSPS) is 26.4. The Kier molecular flexibility index (Phi) is 2.28. The summed E-state index contributed by atoms with van der Waals surface area (Å²) in [5.41, 5.74) is 0. The van der Waals surface area contributed by atoms with Gasteiger partial charge in [-0.05, 0) is 37.3 Å². The van der Waals surface area contributed by atoms with E-state index in [1.54, 1.807) is 0 Å². The topological polar surface area (TPSA) is 29.1 Å². The van der Waals surface area contributed by atoms with Gasteiger partial charge in [0.05, 0.1) is 6.04 Å². The third-order valence-electron chi connectivity index (χ3n) is 3.49. The van der Waals surface area contributed by atoms with Crippen LogP contribution in [0.3, 0.4) is 0 Å². The quantitative estimate of drug-likeness (QED) is 0.817. The molecule has 2 aliphatic rings. The van der Waals surface area contributed by atoms with Gasteiger partial charge in [0.2, 0.25) is 5.91 Å². The van der Waals surface area contributed by atoms with Crippen LogP contribution in [0, 0.1) is 0 Å². The van der Waals surface area contributed by atoms with Crippen LogP contribution in [0.1, 0.15) is 53.8 Å². The molecular weight excluding hydrogens is 206 g/mol. The molecule has 0 bridgehead atoms. The average molecular weight is 221 g/mol. The predicted octanol–water partition coefficient (Wildman–Crippen LogP) is 2.97. The summed E-state index contributed by atoms with van der Waals surface area (Å²) in [5, 5.41) is 3.03. The summed E-state index contributed by atoms with van der Waals surface area (Å²) < 4.78 is 0. The Labute approximate surface area is 93.7 Å². The minimum absolute atomic E-state index is 0.207. The van der Waals surface area contributed by atoms with Crippen molar-refractivity contribution in [1.29, 1.82) is 0 Å². The first-order chi connectivity index (χ1) is 7.33. The van der Waals surface area contributed by atoms with Crippen molar-refractivity contribution in [3.63, 3.8) is 0 Å². The van der Waals surface area contributed by atoms with Gasteiger partial charge in [0.25, 0.3) is 0 Å². The lowest BCUT2D eigenvalue weighted by atomic mass is 9.84. The smallest absolute Gasteiger partial charge is 0.220 e. The van der Waals surface area contributed by atoms with E-state index in [0.717, 1.165) is 12.3 Å². The second-order valence-corrected chi connectivity index (χ2v) is 5.67. The van der Waals surface area contributed by atoms with E-state index in [-0.39, 0.29) is 5.91 Å². The molecule has 2 nitrogen and oxygen atoms in total. The first-order valence-electron chi connectivity index (χ1n) is 5.72. The van der Waals surface area contributed by atoms with Crippen molar-refractivity contribution >= 4 is 17.2 Å². The Balaban J connectivity index is 1.75. The van der Waals surface area contributed by atoms with E-state index in [4.69, 9.17) is 0 Å². The lowest BCUT2D eigenvalue weighted by Crippen LogP contribution is -2.17. The SMILES string of the molecule is O=C1CCC(c2ccc(C3CCC3)s2)N1. The molecule has 80 valence electrons. The van der Waals surface area contributed by atoms with Crippen LogP contribution in [0.25, 0.3) is 0 Å². The summed E-state index contributed by atoms with van der Waals surface area (Å²) in [6, 6.07) is 4.76. The molecular formula is C12H15NOS. The highest BCUT2D eigenvalue weighted by Gasteiger charge is 2.26. The Bertz CT molecular complexity index is 381. The highest BCUT2D eigenvalue weighted by atomic mass is 32.1. The first kappa shape index (κ1) is 9.40. The Hall–Kier alpha value is -0.830. The zero-order valence-corrected chi connectivity index (χ0v) is 9.48. The number of hydrogen-bond donors (Lipinski definition) is 1. The summed E-state index contributed by atoms with van der Waals surface area (Å²) in [7, 11) is 0. The second kappa shape index (κ2) is 3.63. The van der Waals surface area contributed by atoms with Gasteiger partial charge in [-0.15, -0.1) is 11.3 Å². The zero-order chi connectivity index (χ0) is 10.3. The lowest BCUT2D eigenvalue weighted by Gasteiger charge is -2.23. The van der Waals surface area contributed by atoms with Gasteiger partial charge < -0.3 is 5.32 Å². The molecule has 1 saturated carbocycles. The van der Waals surface area contributed by atoms with Gasteiger partial charge in [-0.1, -0.05) is 6.42 Å². The molecule has 1 aromatic rings. The number of amides is 1. The second-order valence-electron chi connectivity index (χ2n) is 4.53. The molecule has 1 aliphatic carbocycles. The maximum atomic E-state index is 11.1. The van der Waals surface area contributed by atoms with Crippen LogP contribution in [0.4, 0.5) is 0 Å². The molecule has 3 rings (SSSR count). The Morgan fingerprint density at radius 2 is 2.00 bits per heavy atom. The van der Waals surface area contributed by atoms with E-state index < -0.39 is 0 Å². The maximum Gasteiger partial charge on any atom is 0.220 e. The zero-order valence-electron chi connectivity index (χ0n) is 8.66. The van der Waals surface area contributed by atoms with Crippen LogP contribution >= 0.6 is 11.3 Å². The molecule has 15 heavy (non-hydrogen) atoms. The molecule has 2 fully saturated rings. The standard InChI is InChI=1S/C12H15NOS/c14-12-7-4-9(13-12)11-6-5-10(15-11)8-2-1-3-8/h5-6,8-9H,1-4,7H2,(H,13,14). The van der Waals surface area contributed by atoms with Crippen LogP contribution in [0.15, 0.2) is 12.1 Å². The van der Waals surface area contributed by atoms with Crippen molar-refractivity contribution in [3.05, 3.63) is 21.9 Å². The van der Waals surface area contributed by atoms with Crippen molar-refractivity contribution < 1.29 is 4.79 Å². The number of hydrogen-bond acceptors (Lipinski definition) is 2. The molecule has 0 radical (unpaired) electrons. The minimum atomic E-state index is 0.207. The van der Waals surface area contributed by atoms with Gasteiger partial charge in [-0.3, -0.25) is 4.79 Å². The molecule has 0 spiro atoms. The van der Waals surface area contributed by atoms with Crippen LogP contribution in [0.5, 0.6) is 0 Å². The largest absolute Gasteiger partial charge is 0.348 e. The molecule has 0 aromatic carbocycles. The van der Waals surface area contributed by atoms with Crippen molar-refractivity contribution in [2.75, 3.05) is 0 Å².